The lowest BCUT2D eigenvalue weighted by Gasteiger charge is -2.32. The van der Waals surface area contributed by atoms with E-state index in [-0.39, 0.29) is 16.9 Å². The first kappa shape index (κ1) is 28.6. The van der Waals surface area contributed by atoms with Crippen molar-refractivity contribution < 1.29 is 17.9 Å². The number of benzene rings is 3. The van der Waals surface area contributed by atoms with Gasteiger partial charge in [-0.2, -0.15) is 0 Å². The molecule has 0 unspecified atom stereocenters. The number of carbonyl (C=O) groups is 1. The predicted molar refractivity (Wildman–Crippen MR) is 159 cm³/mol. The fraction of sp³-hybridized carbons (Fsp3) is 0.258. The van der Waals surface area contributed by atoms with Crippen LogP contribution in [0.5, 0.6) is 5.75 Å². The molecule has 1 aromatic heterocycles. The molecule has 4 aromatic rings. The third kappa shape index (κ3) is 7.23. The minimum Gasteiger partial charge on any atom is -0.497 e. The summed E-state index contributed by atoms with van der Waals surface area (Å²) in [5, 5.41) is 0.561. The lowest BCUT2D eigenvalue weighted by Crippen LogP contribution is -2.36. The Labute approximate surface area is 245 Å². The zero-order chi connectivity index (χ0) is 28.8. The van der Waals surface area contributed by atoms with Crippen LogP contribution in [0, 0.1) is 5.92 Å². The van der Waals surface area contributed by atoms with E-state index in [2.05, 4.69) is 38.9 Å². The zero-order valence-corrected chi connectivity index (χ0v) is 24.2. The lowest BCUT2D eigenvalue weighted by atomic mass is 9.90. The molecule has 1 fully saturated rings. The summed E-state index contributed by atoms with van der Waals surface area (Å²) in [6.07, 6.45) is 4.74. The molecule has 8 nitrogen and oxygen atoms in total. The van der Waals surface area contributed by atoms with Crippen LogP contribution >= 0.6 is 11.6 Å². The van der Waals surface area contributed by atoms with Crippen molar-refractivity contribution in [3.8, 4) is 5.75 Å². The first-order chi connectivity index (χ1) is 19.8. The average Bonchev–Trinajstić information content (AvgIpc) is 2.98. The smallest absolute Gasteiger partial charge is 0.268 e. The van der Waals surface area contributed by atoms with Gasteiger partial charge >= 0.3 is 0 Å². The van der Waals surface area contributed by atoms with Crippen molar-refractivity contribution in [3.05, 3.63) is 112 Å². The largest absolute Gasteiger partial charge is 0.497 e. The Morgan fingerprint density at radius 1 is 1.00 bits per heavy atom. The van der Waals surface area contributed by atoms with E-state index < -0.39 is 15.9 Å². The van der Waals surface area contributed by atoms with E-state index in [1.807, 2.05) is 18.2 Å². The standard InChI is InChI=1S/C31H31ClN4O4S/c1-40-26-10-12-27(13-11-26)41(38,39)35-30(37)28-21-33-31(34-29(28)20-24-8-5-9-25(32)19-24)36-16-14-23(15-17-36)18-22-6-3-2-4-7-22/h2-13,19,21,23H,14-18,20H2,1H3,(H,35,37). The highest BCUT2D eigenvalue weighted by molar-refractivity contribution is 7.90. The fourth-order valence-corrected chi connectivity index (χ4v) is 6.18. The molecule has 1 aliphatic heterocycles. The number of amides is 1. The number of anilines is 1. The van der Waals surface area contributed by atoms with Gasteiger partial charge in [-0.1, -0.05) is 54.1 Å². The molecule has 0 radical (unpaired) electrons. The molecular formula is C31H31ClN4O4S. The summed E-state index contributed by atoms with van der Waals surface area (Å²) in [4.78, 5) is 24.6. The number of rotatable bonds is 9. The highest BCUT2D eigenvalue weighted by Gasteiger charge is 2.25. The molecule has 41 heavy (non-hydrogen) atoms. The number of aromatic nitrogens is 2. The van der Waals surface area contributed by atoms with Gasteiger partial charge < -0.3 is 9.64 Å². The monoisotopic (exact) mass is 590 g/mol. The number of methoxy groups -OCH3 is 1. The summed E-state index contributed by atoms with van der Waals surface area (Å²) in [7, 11) is -2.64. The second-order valence-electron chi connectivity index (χ2n) is 10.1. The minimum atomic E-state index is -4.13. The Kier molecular flexibility index (Phi) is 8.85. The number of hydrogen-bond donors (Lipinski definition) is 1. The van der Waals surface area contributed by atoms with Gasteiger partial charge in [0.05, 0.1) is 23.3 Å². The van der Waals surface area contributed by atoms with Crippen LogP contribution in [0.3, 0.4) is 0 Å². The van der Waals surface area contributed by atoms with Crippen LogP contribution in [0.25, 0.3) is 0 Å². The Balaban J connectivity index is 1.36. The van der Waals surface area contributed by atoms with Crippen LogP contribution in [0.1, 0.15) is 40.0 Å². The normalized spacial score (nSPS) is 14.0. The first-order valence-corrected chi connectivity index (χ1v) is 15.3. The Bertz CT molecular complexity index is 1610. The molecule has 3 aromatic carbocycles. The van der Waals surface area contributed by atoms with Crippen molar-refractivity contribution >= 4 is 33.5 Å². The molecule has 5 rings (SSSR count). The molecule has 1 N–H and O–H groups in total. The van der Waals surface area contributed by atoms with Gasteiger partial charge in [-0.3, -0.25) is 4.79 Å². The molecule has 0 saturated carbocycles. The van der Waals surface area contributed by atoms with E-state index in [9.17, 15) is 13.2 Å². The summed E-state index contributed by atoms with van der Waals surface area (Å²) < 4.78 is 33.2. The number of halogens is 1. The van der Waals surface area contributed by atoms with Crippen LogP contribution in [0.15, 0.2) is 90.0 Å². The van der Waals surface area contributed by atoms with Gasteiger partial charge in [0.25, 0.3) is 15.9 Å². The molecule has 0 spiro atoms. The van der Waals surface area contributed by atoms with E-state index in [0.717, 1.165) is 37.9 Å². The van der Waals surface area contributed by atoms with Gasteiger partial charge in [-0.05, 0) is 72.7 Å². The summed E-state index contributed by atoms with van der Waals surface area (Å²) in [5.74, 6) is 0.806. The molecule has 0 atom stereocenters. The highest BCUT2D eigenvalue weighted by atomic mass is 35.5. The Morgan fingerprint density at radius 3 is 2.39 bits per heavy atom. The third-order valence-electron chi connectivity index (χ3n) is 7.22. The van der Waals surface area contributed by atoms with Crippen molar-refractivity contribution in [3.63, 3.8) is 0 Å². The maximum atomic E-state index is 13.3. The van der Waals surface area contributed by atoms with Crippen LogP contribution in [0.4, 0.5) is 5.95 Å². The fourth-order valence-electron chi connectivity index (χ4n) is 5.00. The third-order valence-corrected chi connectivity index (χ3v) is 8.80. The van der Waals surface area contributed by atoms with Crippen molar-refractivity contribution in [1.82, 2.24) is 14.7 Å². The van der Waals surface area contributed by atoms with E-state index >= 15 is 0 Å². The van der Waals surface area contributed by atoms with Crippen molar-refractivity contribution in [2.45, 2.75) is 30.6 Å². The summed E-state index contributed by atoms with van der Waals surface area (Å²) >= 11 is 6.21. The van der Waals surface area contributed by atoms with Crippen molar-refractivity contribution in [1.29, 1.82) is 0 Å². The number of hydrogen-bond acceptors (Lipinski definition) is 7. The summed E-state index contributed by atoms with van der Waals surface area (Å²) in [5.41, 5.74) is 2.69. The number of nitrogens with one attached hydrogen (secondary N) is 1. The molecule has 0 bridgehead atoms. The minimum absolute atomic E-state index is 0.0565. The molecule has 1 amide bonds. The SMILES string of the molecule is COc1ccc(S(=O)(=O)NC(=O)c2cnc(N3CCC(Cc4ccccc4)CC3)nc2Cc2cccc(Cl)c2)cc1. The molecule has 10 heteroatoms. The van der Waals surface area contributed by atoms with Gasteiger partial charge in [-0.15, -0.1) is 0 Å². The zero-order valence-electron chi connectivity index (χ0n) is 22.7. The van der Waals surface area contributed by atoms with Gasteiger partial charge in [0.2, 0.25) is 5.95 Å². The number of ether oxygens (including phenoxy) is 1. The maximum Gasteiger partial charge on any atom is 0.268 e. The van der Waals surface area contributed by atoms with Gasteiger partial charge in [0.1, 0.15) is 5.75 Å². The van der Waals surface area contributed by atoms with Crippen LogP contribution in [-0.4, -0.2) is 44.5 Å². The van der Waals surface area contributed by atoms with Crippen LogP contribution in [0.2, 0.25) is 5.02 Å². The number of carbonyl (C=O) groups excluding carboxylic acids is 1. The molecule has 2 heterocycles. The van der Waals surface area contributed by atoms with E-state index in [1.165, 1.54) is 43.1 Å². The lowest BCUT2D eigenvalue weighted by molar-refractivity contribution is 0.0980. The summed E-state index contributed by atoms with van der Waals surface area (Å²) in [6.45, 7) is 1.59. The predicted octanol–water partition coefficient (Wildman–Crippen LogP) is 5.31. The molecule has 1 saturated heterocycles. The van der Waals surface area contributed by atoms with E-state index in [1.54, 1.807) is 12.1 Å². The first-order valence-electron chi connectivity index (χ1n) is 13.4. The Hall–Kier alpha value is -3.95. The summed E-state index contributed by atoms with van der Waals surface area (Å²) in [6, 6.07) is 23.6. The average molecular weight is 591 g/mol. The second kappa shape index (κ2) is 12.7. The van der Waals surface area contributed by atoms with E-state index in [0.29, 0.717) is 28.3 Å². The number of piperidine rings is 1. The number of sulfonamides is 1. The quantitative estimate of drug-likeness (QED) is 0.282. The second-order valence-corrected chi connectivity index (χ2v) is 12.2. The van der Waals surface area contributed by atoms with Crippen LogP contribution in [-0.2, 0) is 22.9 Å². The number of nitrogens with zero attached hydrogens (tertiary/aromatic N) is 3. The van der Waals surface area contributed by atoms with Crippen LogP contribution < -0.4 is 14.4 Å². The van der Waals surface area contributed by atoms with Gasteiger partial charge in [0, 0.05) is 30.7 Å². The molecule has 0 aliphatic carbocycles. The van der Waals surface area contributed by atoms with Gasteiger partial charge in [-0.25, -0.2) is 23.1 Å². The molecule has 212 valence electrons. The maximum absolute atomic E-state index is 13.3. The van der Waals surface area contributed by atoms with Crippen molar-refractivity contribution in [2.75, 3.05) is 25.1 Å². The van der Waals surface area contributed by atoms with Crippen molar-refractivity contribution in [2.24, 2.45) is 5.92 Å². The van der Waals surface area contributed by atoms with E-state index in [4.69, 9.17) is 21.3 Å². The van der Waals surface area contributed by atoms with Gasteiger partial charge in [0.15, 0.2) is 0 Å². The topological polar surface area (TPSA) is 101 Å². The molecular weight excluding hydrogens is 560 g/mol. The molecule has 1 aliphatic rings. The Morgan fingerprint density at radius 2 is 1.71 bits per heavy atom. The highest BCUT2D eigenvalue weighted by Crippen LogP contribution is 2.26.